The van der Waals surface area contributed by atoms with Crippen molar-refractivity contribution in [1.82, 2.24) is 0 Å². The third-order valence-corrected chi connectivity index (χ3v) is 3.10. The molecule has 1 aromatic rings. The number of nitrogens with two attached hydrogens (primary N) is 1. The molecule has 1 atom stereocenters. The van der Waals surface area contributed by atoms with E-state index in [4.69, 9.17) is 10.5 Å². The van der Waals surface area contributed by atoms with Crippen LogP contribution in [0.25, 0.3) is 0 Å². The number of carbonyl (C=O) groups excluding carboxylic acids is 1. The summed E-state index contributed by atoms with van der Waals surface area (Å²) in [5, 5.41) is 9.58. The van der Waals surface area contributed by atoms with Crippen molar-refractivity contribution < 1.29 is 14.6 Å². The molecule has 3 N–H and O–H groups in total. The fraction of sp³-hybridized carbons (Fsp3) is 0.417. The summed E-state index contributed by atoms with van der Waals surface area (Å²) in [6, 6.07) is 6.62. The van der Waals surface area contributed by atoms with Gasteiger partial charge in [-0.15, -0.1) is 0 Å². The van der Waals surface area contributed by atoms with E-state index in [1.165, 1.54) is 0 Å². The minimum absolute atomic E-state index is 0.217. The quantitative estimate of drug-likeness (QED) is 0.770. The zero-order valence-electron chi connectivity index (χ0n) is 9.76. The maximum atomic E-state index is 10.9. The smallest absolute Gasteiger partial charge is 0.248 e. The molecule has 0 saturated heterocycles. The van der Waals surface area contributed by atoms with Crippen LogP contribution in [0.3, 0.4) is 0 Å². The standard InChI is InChI=1S/C12H17NO3S/c1-2-17-8-10(14)7-16-11-5-3-4-9(6-11)12(13)15/h3-6,10,14H,2,7-8H2,1H3,(H2,13,15). The molecule has 0 spiro atoms. The van der Waals surface area contributed by atoms with Crippen LogP contribution in [0, 0.1) is 0 Å². The second-order valence-electron chi connectivity index (χ2n) is 3.52. The average molecular weight is 255 g/mol. The van der Waals surface area contributed by atoms with E-state index < -0.39 is 12.0 Å². The molecule has 0 fully saturated rings. The maximum absolute atomic E-state index is 10.9. The number of primary amides is 1. The Bertz CT molecular complexity index is 371. The maximum Gasteiger partial charge on any atom is 0.248 e. The van der Waals surface area contributed by atoms with Gasteiger partial charge < -0.3 is 15.6 Å². The minimum Gasteiger partial charge on any atom is -0.491 e. The van der Waals surface area contributed by atoms with Crippen molar-refractivity contribution in [3.8, 4) is 5.75 Å². The van der Waals surface area contributed by atoms with Gasteiger partial charge in [-0.2, -0.15) is 11.8 Å². The lowest BCUT2D eigenvalue weighted by atomic mass is 10.2. The van der Waals surface area contributed by atoms with Gasteiger partial charge in [0.15, 0.2) is 0 Å². The van der Waals surface area contributed by atoms with Gasteiger partial charge in [-0.25, -0.2) is 0 Å². The Morgan fingerprint density at radius 3 is 3.00 bits per heavy atom. The van der Waals surface area contributed by atoms with Crippen LogP contribution < -0.4 is 10.5 Å². The Morgan fingerprint density at radius 1 is 1.59 bits per heavy atom. The van der Waals surface area contributed by atoms with Gasteiger partial charge in [0.1, 0.15) is 12.4 Å². The zero-order chi connectivity index (χ0) is 12.7. The number of thioether (sulfide) groups is 1. The van der Waals surface area contributed by atoms with E-state index in [0.717, 1.165) is 5.75 Å². The van der Waals surface area contributed by atoms with E-state index in [2.05, 4.69) is 0 Å². The first-order chi connectivity index (χ1) is 8.13. The summed E-state index contributed by atoms with van der Waals surface area (Å²) >= 11 is 1.66. The second kappa shape index (κ2) is 7.19. The molecule has 5 heteroatoms. The summed E-state index contributed by atoms with van der Waals surface area (Å²) in [4.78, 5) is 10.9. The van der Waals surface area contributed by atoms with Crippen LogP contribution in [0.5, 0.6) is 5.75 Å². The Morgan fingerprint density at radius 2 is 2.35 bits per heavy atom. The van der Waals surface area contributed by atoms with Gasteiger partial charge in [-0.05, 0) is 24.0 Å². The number of aliphatic hydroxyl groups is 1. The molecule has 0 radical (unpaired) electrons. The summed E-state index contributed by atoms with van der Waals surface area (Å²) < 4.78 is 5.38. The van der Waals surface area contributed by atoms with Crippen molar-refractivity contribution in [3.63, 3.8) is 0 Å². The summed E-state index contributed by atoms with van der Waals surface area (Å²) in [5.41, 5.74) is 5.56. The van der Waals surface area contributed by atoms with Gasteiger partial charge in [-0.1, -0.05) is 13.0 Å². The highest BCUT2D eigenvalue weighted by atomic mass is 32.2. The van der Waals surface area contributed by atoms with Crippen LogP contribution in [0.2, 0.25) is 0 Å². The molecule has 1 unspecified atom stereocenters. The second-order valence-corrected chi connectivity index (χ2v) is 4.84. The van der Waals surface area contributed by atoms with Gasteiger partial charge in [-0.3, -0.25) is 4.79 Å². The van der Waals surface area contributed by atoms with Crippen LogP contribution in [0.15, 0.2) is 24.3 Å². The van der Waals surface area contributed by atoms with Crippen molar-refractivity contribution >= 4 is 17.7 Å². The molecule has 1 aromatic carbocycles. The highest BCUT2D eigenvalue weighted by molar-refractivity contribution is 7.99. The molecule has 0 bridgehead atoms. The van der Waals surface area contributed by atoms with E-state index >= 15 is 0 Å². The van der Waals surface area contributed by atoms with Gasteiger partial charge in [0.05, 0.1) is 6.10 Å². The van der Waals surface area contributed by atoms with Gasteiger partial charge >= 0.3 is 0 Å². The normalized spacial score (nSPS) is 12.1. The minimum atomic E-state index is -0.503. The highest BCUT2D eigenvalue weighted by Gasteiger charge is 2.06. The molecular weight excluding hydrogens is 238 g/mol. The molecule has 0 aliphatic carbocycles. The monoisotopic (exact) mass is 255 g/mol. The lowest BCUT2D eigenvalue weighted by Gasteiger charge is -2.11. The number of hydrogen-bond donors (Lipinski definition) is 2. The Balaban J connectivity index is 2.46. The number of carbonyl (C=O) groups is 1. The summed E-state index contributed by atoms with van der Waals surface area (Å²) in [6.45, 7) is 2.25. The van der Waals surface area contributed by atoms with Crippen LogP contribution >= 0.6 is 11.8 Å². The van der Waals surface area contributed by atoms with Gasteiger partial charge in [0, 0.05) is 11.3 Å². The Hall–Kier alpha value is -1.20. The lowest BCUT2D eigenvalue weighted by Crippen LogP contribution is -2.20. The van der Waals surface area contributed by atoms with E-state index in [-0.39, 0.29) is 6.61 Å². The molecule has 0 aromatic heterocycles. The van der Waals surface area contributed by atoms with E-state index in [1.54, 1.807) is 36.0 Å². The predicted octanol–water partition coefficient (Wildman–Crippen LogP) is 1.28. The molecule has 1 amide bonds. The molecule has 1 rings (SSSR count). The predicted molar refractivity (Wildman–Crippen MR) is 69.5 cm³/mol. The number of amides is 1. The molecule has 0 saturated carbocycles. The topological polar surface area (TPSA) is 72.6 Å². The molecular formula is C12H17NO3S. The molecule has 0 heterocycles. The number of ether oxygens (including phenoxy) is 1. The SMILES string of the molecule is CCSCC(O)COc1cccc(C(N)=O)c1. The van der Waals surface area contributed by atoms with E-state index in [9.17, 15) is 9.90 Å². The van der Waals surface area contributed by atoms with Crippen LogP contribution in [0.1, 0.15) is 17.3 Å². The number of rotatable bonds is 7. The first kappa shape index (κ1) is 13.9. The number of hydrogen-bond acceptors (Lipinski definition) is 4. The average Bonchev–Trinajstić information content (AvgIpc) is 2.34. The largest absolute Gasteiger partial charge is 0.491 e. The summed E-state index contributed by atoms with van der Waals surface area (Å²) in [5.74, 6) is 1.67. The third-order valence-electron chi connectivity index (χ3n) is 2.08. The van der Waals surface area contributed by atoms with Crippen molar-refractivity contribution in [1.29, 1.82) is 0 Å². The number of aliphatic hydroxyl groups excluding tert-OH is 1. The zero-order valence-corrected chi connectivity index (χ0v) is 10.6. The molecule has 94 valence electrons. The first-order valence-electron chi connectivity index (χ1n) is 5.42. The van der Waals surface area contributed by atoms with Crippen LogP contribution in [-0.2, 0) is 0 Å². The Kier molecular flexibility index (Phi) is 5.86. The fourth-order valence-corrected chi connectivity index (χ4v) is 1.84. The summed E-state index contributed by atoms with van der Waals surface area (Å²) in [7, 11) is 0. The van der Waals surface area contributed by atoms with Crippen molar-refractivity contribution in [2.45, 2.75) is 13.0 Å². The van der Waals surface area contributed by atoms with Crippen molar-refractivity contribution in [2.75, 3.05) is 18.1 Å². The molecule has 0 aliphatic rings. The molecule has 0 aliphatic heterocycles. The van der Waals surface area contributed by atoms with Crippen LogP contribution in [0.4, 0.5) is 0 Å². The van der Waals surface area contributed by atoms with E-state index in [1.807, 2.05) is 6.92 Å². The van der Waals surface area contributed by atoms with Gasteiger partial charge in [0.2, 0.25) is 5.91 Å². The third kappa shape index (κ3) is 5.10. The first-order valence-corrected chi connectivity index (χ1v) is 6.57. The lowest BCUT2D eigenvalue weighted by molar-refractivity contribution is 0.0999. The van der Waals surface area contributed by atoms with Gasteiger partial charge in [0.25, 0.3) is 0 Å². The Labute approximate surface area is 105 Å². The van der Waals surface area contributed by atoms with E-state index in [0.29, 0.717) is 17.1 Å². The van der Waals surface area contributed by atoms with Crippen LogP contribution in [-0.4, -0.2) is 35.2 Å². The molecule has 4 nitrogen and oxygen atoms in total. The van der Waals surface area contributed by atoms with Crippen molar-refractivity contribution in [3.05, 3.63) is 29.8 Å². The highest BCUT2D eigenvalue weighted by Crippen LogP contribution is 2.13. The fourth-order valence-electron chi connectivity index (χ4n) is 1.23. The molecule has 17 heavy (non-hydrogen) atoms. The summed E-state index contributed by atoms with van der Waals surface area (Å²) in [6.07, 6.45) is -0.503. The number of benzene rings is 1. The van der Waals surface area contributed by atoms with Crippen molar-refractivity contribution in [2.24, 2.45) is 5.73 Å².